The van der Waals surface area contributed by atoms with Crippen molar-refractivity contribution in [1.82, 2.24) is 5.32 Å². The standard InChI is InChI=1S/C18H20N2O4S2/c1-10-5-7-12(8-6-10)9-19-18(25)20-15-13(16(21)23-3)11(2)14(26-15)17(22)24-4/h5-8H,9H2,1-4H3,(H2,19,20,25). The van der Waals surface area contributed by atoms with Gasteiger partial charge in [-0.2, -0.15) is 0 Å². The van der Waals surface area contributed by atoms with Gasteiger partial charge in [-0.25, -0.2) is 9.59 Å². The number of aryl methyl sites for hydroxylation is 1. The van der Waals surface area contributed by atoms with Crippen LogP contribution < -0.4 is 10.6 Å². The smallest absolute Gasteiger partial charge is 0.348 e. The molecular formula is C18H20N2O4S2. The molecule has 0 bridgehead atoms. The molecule has 0 aliphatic carbocycles. The Morgan fingerprint density at radius 2 is 1.69 bits per heavy atom. The molecule has 1 heterocycles. The van der Waals surface area contributed by atoms with Crippen LogP contribution in [0.15, 0.2) is 24.3 Å². The lowest BCUT2D eigenvalue weighted by Crippen LogP contribution is -2.28. The first-order valence-electron chi connectivity index (χ1n) is 7.77. The lowest BCUT2D eigenvalue weighted by Gasteiger charge is -2.11. The fraction of sp³-hybridized carbons (Fsp3) is 0.278. The van der Waals surface area contributed by atoms with Crippen LogP contribution in [0, 0.1) is 13.8 Å². The molecule has 0 saturated carbocycles. The second-order valence-electron chi connectivity index (χ2n) is 5.54. The molecule has 2 N–H and O–H groups in total. The summed E-state index contributed by atoms with van der Waals surface area (Å²) in [6.07, 6.45) is 0. The maximum atomic E-state index is 12.1. The Kier molecular flexibility index (Phi) is 6.70. The molecule has 26 heavy (non-hydrogen) atoms. The van der Waals surface area contributed by atoms with Crippen molar-refractivity contribution in [3.05, 3.63) is 51.4 Å². The number of hydrogen-bond acceptors (Lipinski definition) is 6. The SMILES string of the molecule is COC(=O)c1sc(NC(=S)NCc2ccc(C)cc2)c(C(=O)OC)c1C. The van der Waals surface area contributed by atoms with Gasteiger partial charge in [0.15, 0.2) is 5.11 Å². The Morgan fingerprint density at radius 3 is 2.27 bits per heavy atom. The highest BCUT2D eigenvalue weighted by atomic mass is 32.1. The molecule has 6 nitrogen and oxygen atoms in total. The number of ether oxygens (including phenoxy) is 2. The summed E-state index contributed by atoms with van der Waals surface area (Å²) in [5.41, 5.74) is 3.03. The number of esters is 2. The Bertz CT molecular complexity index is 828. The van der Waals surface area contributed by atoms with Crippen molar-refractivity contribution in [3.63, 3.8) is 0 Å². The highest BCUT2D eigenvalue weighted by Crippen LogP contribution is 2.34. The Hall–Kier alpha value is -2.45. The minimum atomic E-state index is -0.544. The first-order chi connectivity index (χ1) is 12.4. The summed E-state index contributed by atoms with van der Waals surface area (Å²) in [6.45, 7) is 4.23. The molecule has 1 aromatic heterocycles. The number of rotatable bonds is 5. The minimum absolute atomic E-state index is 0.275. The van der Waals surface area contributed by atoms with Gasteiger partial charge in [-0.05, 0) is 37.2 Å². The van der Waals surface area contributed by atoms with Crippen LogP contribution in [0.4, 0.5) is 5.00 Å². The van der Waals surface area contributed by atoms with E-state index in [0.29, 0.717) is 27.1 Å². The number of carbonyl (C=O) groups is 2. The molecule has 1 aromatic carbocycles. The summed E-state index contributed by atoms with van der Waals surface area (Å²) in [6, 6.07) is 8.06. The summed E-state index contributed by atoms with van der Waals surface area (Å²) in [5.74, 6) is -1.05. The van der Waals surface area contributed by atoms with E-state index in [4.69, 9.17) is 21.7 Å². The molecule has 0 unspecified atom stereocenters. The zero-order valence-electron chi connectivity index (χ0n) is 15.0. The van der Waals surface area contributed by atoms with Gasteiger partial charge in [0, 0.05) is 6.54 Å². The average Bonchev–Trinajstić information content (AvgIpc) is 2.96. The van der Waals surface area contributed by atoms with Crippen LogP contribution in [-0.4, -0.2) is 31.3 Å². The van der Waals surface area contributed by atoms with Gasteiger partial charge < -0.3 is 20.1 Å². The number of thiophene rings is 1. The average molecular weight is 393 g/mol. The summed E-state index contributed by atoms with van der Waals surface area (Å²) >= 11 is 6.41. The van der Waals surface area contributed by atoms with Crippen LogP contribution in [-0.2, 0) is 16.0 Å². The summed E-state index contributed by atoms with van der Waals surface area (Å²) in [4.78, 5) is 24.3. The molecule has 0 radical (unpaired) electrons. The fourth-order valence-corrected chi connectivity index (χ4v) is 3.63. The second kappa shape index (κ2) is 8.77. The highest BCUT2D eigenvalue weighted by molar-refractivity contribution is 7.80. The number of hydrogen-bond donors (Lipinski definition) is 2. The first-order valence-corrected chi connectivity index (χ1v) is 9.00. The molecule has 0 amide bonds. The lowest BCUT2D eigenvalue weighted by atomic mass is 10.1. The predicted molar refractivity (Wildman–Crippen MR) is 106 cm³/mol. The number of nitrogens with one attached hydrogen (secondary N) is 2. The normalized spacial score (nSPS) is 10.2. The lowest BCUT2D eigenvalue weighted by molar-refractivity contribution is 0.0601. The van der Waals surface area contributed by atoms with Crippen LogP contribution in [0.3, 0.4) is 0 Å². The van der Waals surface area contributed by atoms with E-state index in [-0.39, 0.29) is 5.56 Å². The molecule has 138 valence electrons. The maximum Gasteiger partial charge on any atom is 0.348 e. The zero-order chi connectivity index (χ0) is 19.3. The highest BCUT2D eigenvalue weighted by Gasteiger charge is 2.26. The van der Waals surface area contributed by atoms with Crippen molar-refractivity contribution in [2.24, 2.45) is 0 Å². The van der Waals surface area contributed by atoms with Crippen LogP contribution in [0.2, 0.25) is 0 Å². The van der Waals surface area contributed by atoms with Gasteiger partial charge in [-0.1, -0.05) is 29.8 Å². The van der Waals surface area contributed by atoms with E-state index >= 15 is 0 Å². The number of thiocarbonyl (C=S) groups is 1. The van der Waals surface area contributed by atoms with E-state index in [0.717, 1.165) is 16.9 Å². The number of benzene rings is 1. The van der Waals surface area contributed by atoms with Crippen molar-refractivity contribution in [1.29, 1.82) is 0 Å². The monoisotopic (exact) mass is 392 g/mol. The minimum Gasteiger partial charge on any atom is -0.465 e. The molecule has 0 aliphatic heterocycles. The van der Waals surface area contributed by atoms with E-state index in [2.05, 4.69) is 10.6 Å². The van der Waals surface area contributed by atoms with Crippen molar-refractivity contribution < 1.29 is 19.1 Å². The predicted octanol–water partition coefficient (Wildman–Crippen LogP) is 3.42. The van der Waals surface area contributed by atoms with Crippen molar-refractivity contribution in [2.45, 2.75) is 20.4 Å². The molecule has 2 aromatic rings. The third-order valence-corrected chi connectivity index (χ3v) is 5.14. The van der Waals surface area contributed by atoms with Crippen LogP contribution in [0.1, 0.15) is 36.7 Å². The molecule has 0 atom stereocenters. The third-order valence-electron chi connectivity index (χ3n) is 3.71. The largest absolute Gasteiger partial charge is 0.465 e. The number of anilines is 1. The van der Waals surface area contributed by atoms with Crippen molar-refractivity contribution in [3.8, 4) is 0 Å². The summed E-state index contributed by atoms with van der Waals surface area (Å²) in [5, 5.41) is 6.84. The maximum absolute atomic E-state index is 12.1. The number of methoxy groups -OCH3 is 2. The van der Waals surface area contributed by atoms with E-state index in [1.165, 1.54) is 19.8 Å². The first kappa shape index (κ1) is 19.9. The molecule has 2 rings (SSSR count). The van der Waals surface area contributed by atoms with Gasteiger partial charge in [0.2, 0.25) is 0 Å². The van der Waals surface area contributed by atoms with E-state index in [1.807, 2.05) is 31.2 Å². The van der Waals surface area contributed by atoms with Crippen molar-refractivity contribution in [2.75, 3.05) is 19.5 Å². The summed E-state index contributed by atoms with van der Waals surface area (Å²) < 4.78 is 9.58. The van der Waals surface area contributed by atoms with Gasteiger partial charge in [0.1, 0.15) is 9.88 Å². The topological polar surface area (TPSA) is 76.7 Å². The number of carbonyl (C=O) groups excluding carboxylic acids is 2. The molecule has 0 aliphatic rings. The zero-order valence-corrected chi connectivity index (χ0v) is 16.6. The molecule has 8 heteroatoms. The van der Waals surface area contributed by atoms with Gasteiger partial charge in [0.05, 0.1) is 19.8 Å². The Labute approximate surface area is 161 Å². The van der Waals surface area contributed by atoms with E-state index < -0.39 is 11.9 Å². The summed E-state index contributed by atoms with van der Waals surface area (Å²) in [7, 11) is 2.58. The quantitative estimate of drug-likeness (QED) is 0.596. The van der Waals surface area contributed by atoms with Crippen LogP contribution in [0.5, 0.6) is 0 Å². The molecule has 0 fully saturated rings. The van der Waals surface area contributed by atoms with Crippen molar-refractivity contribution >= 4 is 45.6 Å². The van der Waals surface area contributed by atoms with Crippen LogP contribution in [0.25, 0.3) is 0 Å². The van der Waals surface area contributed by atoms with E-state index in [9.17, 15) is 9.59 Å². The molecule has 0 saturated heterocycles. The second-order valence-corrected chi connectivity index (χ2v) is 6.97. The molecular weight excluding hydrogens is 372 g/mol. The fourth-order valence-electron chi connectivity index (χ4n) is 2.27. The van der Waals surface area contributed by atoms with Crippen LogP contribution >= 0.6 is 23.6 Å². The van der Waals surface area contributed by atoms with Gasteiger partial charge in [0.25, 0.3) is 0 Å². The molecule has 0 spiro atoms. The van der Waals surface area contributed by atoms with Gasteiger partial charge in [-0.3, -0.25) is 0 Å². The van der Waals surface area contributed by atoms with E-state index in [1.54, 1.807) is 6.92 Å². The Balaban J connectivity index is 2.16. The Morgan fingerprint density at radius 1 is 1.08 bits per heavy atom. The van der Waals surface area contributed by atoms with Gasteiger partial charge in [-0.15, -0.1) is 11.3 Å². The third kappa shape index (κ3) is 4.59. The van der Waals surface area contributed by atoms with Gasteiger partial charge >= 0.3 is 11.9 Å².